The molecule has 0 unspecified atom stereocenters. The van der Waals surface area contributed by atoms with Crippen molar-refractivity contribution in [3.63, 3.8) is 0 Å². The van der Waals surface area contributed by atoms with Gasteiger partial charge in [-0.25, -0.2) is 9.97 Å². The van der Waals surface area contributed by atoms with Crippen LogP contribution in [0.2, 0.25) is 0 Å². The zero-order valence-electron chi connectivity index (χ0n) is 32.6. The molecule has 5 aromatic rings. The van der Waals surface area contributed by atoms with Crippen molar-refractivity contribution in [2.75, 3.05) is 25.0 Å². The van der Waals surface area contributed by atoms with Gasteiger partial charge in [0.15, 0.2) is 6.61 Å². The van der Waals surface area contributed by atoms with E-state index in [2.05, 4.69) is 78.8 Å². The summed E-state index contributed by atoms with van der Waals surface area (Å²) in [5.74, 6) is -0.331. The van der Waals surface area contributed by atoms with E-state index in [4.69, 9.17) is 15.0 Å². The molecule has 1 aliphatic heterocycles. The van der Waals surface area contributed by atoms with Crippen LogP contribution in [0.5, 0.6) is 5.75 Å². The second-order valence-corrected chi connectivity index (χ2v) is 15.8. The first-order chi connectivity index (χ1) is 26.3. The Hall–Kier alpha value is -5.79. The molecule has 14 heteroatoms. The molecule has 2 atom stereocenters. The van der Waals surface area contributed by atoms with E-state index >= 15 is 0 Å². The molecule has 0 saturated carbocycles. The Bertz CT molecular complexity index is 2100. The molecule has 3 heterocycles. The van der Waals surface area contributed by atoms with Gasteiger partial charge in [-0.2, -0.15) is 18.2 Å². The lowest BCUT2D eigenvalue weighted by Gasteiger charge is -2.19. The second-order valence-electron chi connectivity index (χ2n) is 15.8. The summed E-state index contributed by atoms with van der Waals surface area (Å²) in [5.41, 5.74) is 10.1. The number of nitrogens with zero attached hydrogens (tertiary/aromatic N) is 6. The fourth-order valence-corrected chi connectivity index (χ4v) is 6.17. The zero-order valence-corrected chi connectivity index (χ0v) is 32.6. The van der Waals surface area contributed by atoms with Gasteiger partial charge in [0.25, 0.3) is 5.89 Å². The van der Waals surface area contributed by atoms with Crippen LogP contribution < -0.4 is 15.4 Å². The van der Waals surface area contributed by atoms with E-state index < -0.39 is 23.8 Å². The van der Waals surface area contributed by atoms with Gasteiger partial charge in [-0.05, 0) is 58.1 Å². The van der Waals surface area contributed by atoms with E-state index in [1.54, 1.807) is 19.2 Å². The number of rotatable bonds is 9. The minimum absolute atomic E-state index is 0.0232. The summed E-state index contributed by atoms with van der Waals surface area (Å²) in [6.07, 6.45) is -3.17. The number of hydrogen-bond acceptors (Lipinski definition) is 9. The number of carboxylic acids is 1. The quantitative estimate of drug-likeness (QED) is 0.111. The van der Waals surface area contributed by atoms with Crippen molar-refractivity contribution in [2.45, 2.75) is 71.6 Å². The summed E-state index contributed by atoms with van der Waals surface area (Å²) in [4.78, 5) is 29.3. The molecule has 1 aliphatic rings. The third-order valence-corrected chi connectivity index (χ3v) is 9.52. The van der Waals surface area contributed by atoms with Gasteiger partial charge < -0.3 is 25.0 Å². The molecular weight excluding hydrogens is 724 g/mol. The van der Waals surface area contributed by atoms with Crippen LogP contribution >= 0.6 is 0 Å². The van der Waals surface area contributed by atoms with Crippen molar-refractivity contribution in [1.82, 2.24) is 20.1 Å². The number of nitrogens with two attached hydrogens (primary N) is 1. The molecule has 11 nitrogen and oxygen atoms in total. The minimum Gasteiger partial charge on any atom is -0.484 e. The summed E-state index contributed by atoms with van der Waals surface area (Å²) in [6, 6.07) is 24.2. The number of halogens is 3. The molecule has 0 amide bonds. The average Bonchev–Trinajstić information content (AvgIpc) is 3.82. The first-order valence-electron chi connectivity index (χ1n) is 18.2. The van der Waals surface area contributed by atoms with Crippen LogP contribution in [-0.2, 0) is 34.8 Å². The summed E-state index contributed by atoms with van der Waals surface area (Å²) < 4.78 is 50.4. The SMILES string of the molecule is CC(C)(C)c1ccc(-c2noc(COc3ccc(C[C@@H]4CN(c5nccc(C(F)(F)F)n5)C[C@@H]4C(=O)O)cc3)n2)cc1.CN=C(N)c1ccc(C(C)(C)C)cc1. The minimum atomic E-state index is -4.61. The number of carboxylic acid groups (broad SMARTS) is 1. The number of aromatic nitrogens is 4. The molecule has 3 aromatic carbocycles. The molecule has 0 aliphatic carbocycles. The van der Waals surface area contributed by atoms with Gasteiger partial charge >= 0.3 is 12.1 Å². The predicted octanol–water partition coefficient (Wildman–Crippen LogP) is 8.12. The number of hydrogen-bond donors (Lipinski definition) is 2. The van der Waals surface area contributed by atoms with Crippen LogP contribution in [0.1, 0.15) is 75.4 Å². The summed E-state index contributed by atoms with van der Waals surface area (Å²) in [5, 5.41) is 13.8. The van der Waals surface area contributed by atoms with Gasteiger partial charge in [-0.3, -0.25) is 9.79 Å². The Kier molecular flexibility index (Phi) is 12.5. The van der Waals surface area contributed by atoms with Gasteiger partial charge in [0.05, 0.1) is 5.92 Å². The number of alkyl halides is 3. The van der Waals surface area contributed by atoms with Crippen molar-refractivity contribution >= 4 is 17.8 Å². The van der Waals surface area contributed by atoms with Gasteiger partial charge in [0.1, 0.15) is 17.3 Å². The first-order valence-corrected chi connectivity index (χ1v) is 18.2. The van der Waals surface area contributed by atoms with E-state index in [0.717, 1.165) is 29.0 Å². The number of benzene rings is 3. The van der Waals surface area contributed by atoms with Gasteiger partial charge in [-0.15, -0.1) is 0 Å². The molecule has 2 aromatic heterocycles. The van der Waals surface area contributed by atoms with Crippen LogP contribution in [0.3, 0.4) is 0 Å². The third-order valence-electron chi connectivity index (χ3n) is 9.52. The molecule has 0 bridgehead atoms. The highest BCUT2D eigenvalue weighted by atomic mass is 19.4. The van der Waals surface area contributed by atoms with E-state index in [1.807, 2.05) is 48.5 Å². The summed E-state index contributed by atoms with van der Waals surface area (Å²) in [7, 11) is 1.70. The number of amidine groups is 1. The third kappa shape index (κ3) is 10.7. The molecule has 56 heavy (non-hydrogen) atoms. The monoisotopic (exact) mass is 771 g/mol. The number of aliphatic carboxylic acids is 1. The maximum atomic E-state index is 13.1. The number of carbonyl (C=O) groups is 1. The van der Waals surface area contributed by atoms with Gasteiger partial charge in [0, 0.05) is 37.5 Å². The lowest BCUT2D eigenvalue weighted by atomic mass is 9.86. The molecule has 1 saturated heterocycles. The Morgan fingerprint density at radius 2 is 1.50 bits per heavy atom. The maximum Gasteiger partial charge on any atom is 0.433 e. The highest BCUT2D eigenvalue weighted by molar-refractivity contribution is 5.97. The molecule has 296 valence electrons. The summed E-state index contributed by atoms with van der Waals surface area (Å²) in [6.45, 7) is 13.3. The highest BCUT2D eigenvalue weighted by Gasteiger charge is 2.40. The van der Waals surface area contributed by atoms with Crippen LogP contribution in [0, 0.1) is 11.8 Å². The van der Waals surface area contributed by atoms with Crippen molar-refractivity contribution in [3.05, 3.63) is 119 Å². The number of anilines is 1. The van der Waals surface area contributed by atoms with E-state index in [-0.39, 0.29) is 42.4 Å². The van der Waals surface area contributed by atoms with Crippen LogP contribution in [-0.4, -0.2) is 57.2 Å². The van der Waals surface area contributed by atoms with Crippen LogP contribution in [0.15, 0.2) is 94.6 Å². The topological polar surface area (TPSA) is 153 Å². The molecule has 1 fully saturated rings. The fraction of sp³-hybridized carbons (Fsp3) is 0.381. The van der Waals surface area contributed by atoms with Crippen molar-refractivity contribution in [2.24, 2.45) is 22.6 Å². The molecule has 6 rings (SSSR count). The van der Waals surface area contributed by atoms with Crippen molar-refractivity contribution < 1.29 is 32.3 Å². The average molecular weight is 772 g/mol. The Morgan fingerprint density at radius 1 is 0.893 bits per heavy atom. The number of ether oxygens (including phenoxy) is 1. The number of aliphatic imine (C=N–C) groups is 1. The van der Waals surface area contributed by atoms with Crippen LogP contribution in [0.25, 0.3) is 11.4 Å². The zero-order chi connectivity index (χ0) is 40.8. The lowest BCUT2D eigenvalue weighted by molar-refractivity contribution is -0.142. The molecule has 3 N–H and O–H groups in total. The summed E-state index contributed by atoms with van der Waals surface area (Å²) >= 11 is 0. The van der Waals surface area contributed by atoms with E-state index in [9.17, 15) is 23.1 Å². The normalized spacial score (nSPS) is 16.3. The van der Waals surface area contributed by atoms with E-state index in [1.165, 1.54) is 16.0 Å². The van der Waals surface area contributed by atoms with Gasteiger partial charge in [0.2, 0.25) is 11.8 Å². The Labute approximate surface area is 324 Å². The standard InChI is InChI=1S/C30H30F3N5O4.C12H18N2/c1-29(2,3)21-8-6-19(7-9-21)26-36-25(42-37-26)17-41-22-10-4-18(5-11-22)14-20-15-38(16-23(20)27(39)40)28-34-13-12-24(35-28)30(31,32)33;1-12(2,3)10-7-5-9(6-8-10)11(13)14-4/h4-13,20,23H,14-17H2,1-3H3,(H,39,40);5-8H,1-4H3,(H2,13,14)/t20-,23+;/m1./s1. The van der Waals surface area contributed by atoms with Crippen molar-refractivity contribution in [3.8, 4) is 17.1 Å². The molecular formula is C42H48F3N7O4. The second kappa shape index (κ2) is 16.9. The van der Waals surface area contributed by atoms with Crippen LogP contribution in [0.4, 0.5) is 19.1 Å². The lowest BCUT2D eigenvalue weighted by Crippen LogP contribution is -2.25. The molecule has 0 radical (unpaired) electrons. The Morgan fingerprint density at radius 3 is 2.05 bits per heavy atom. The first kappa shape index (κ1) is 41.4. The largest absolute Gasteiger partial charge is 0.484 e. The predicted molar refractivity (Wildman–Crippen MR) is 209 cm³/mol. The van der Waals surface area contributed by atoms with Gasteiger partial charge in [-0.1, -0.05) is 107 Å². The Balaban J connectivity index is 0.000000362. The maximum absolute atomic E-state index is 13.1. The van der Waals surface area contributed by atoms with Crippen molar-refractivity contribution in [1.29, 1.82) is 0 Å². The smallest absolute Gasteiger partial charge is 0.433 e. The van der Waals surface area contributed by atoms with E-state index in [0.29, 0.717) is 29.7 Å². The highest BCUT2D eigenvalue weighted by Crippen LogP contribution is 2.33. The fourth-order valence-electron chi connectivity index (χ4n) is 6.17. The molecule has 0 spiro atoms.